The largest absolute Gasteiger partial charge is 0.444 e. The molecule has 1 aromatic heterocycles. The third-order valence-corrected chi connectivity index (χ3v) is 5.79. The highest BCUT2D eigenvalue weighted by atomic mass is 19.1. The quantitative estimate of drug-likeness (QED) is 0.504. The van der Waals surface area contributed by atoms with Gasteiger partial charge in [-0.05, 0) is 46.5 Å². The van der Waals surface area contributed by atoms with Gasteiger partial charge in [0.05, 0.1) is 0 Å². The minimum Gasteiger partial charge on any atom is -0.444 e. The molecule has 2 aliphatic rings. The second kappa shape index (κ2) is 9.11. The van der Waals surface area contributed by atoms with Crippen molar-refractivity contribution in [2.45, 2.75) is 88.6 Å². The smallest absolute Gasteiger partial charge is 0.408 e. The van der Waals surface area contributed by atoms with Crippen LogP contribution in [-0.2, 0) is 26.2 Å². The SMILES string of the molecule is Cn1ccc(NC(=O)C(=O)C2(NC(=O)[C@H](CC3(F)CCCC3)NC(=O)OC(C)(C)C)CC2)n1. The van der Waals surface area contributed by atoms with E-state index < -0.39 is 46.5 Å². The fourth-order valence-electron chi connectivity index (χ4n) is 3.97. The van der Waals surface area contributed by atoms with E-state index in [9.17, 15) is 19.2 Å². The summed E-state index contributed by atoms with van der Waals surface area (Å²) in [7, 11) is 1.67. The van der Waals surface area contributed by atoms with E-state index in [0.29, 0.717) is 25.7 Å². The van der Waals surface area contributed by atoms with E-state index >= 15 is 4.39 Å². The van der Waals surface area contributed by atoms with Gasteiger partial charge in [-0.1, -0.05) is 12.8 Å². The number of nitrogens with zero attached hydrogens (tertiary/aromatic N) is 2. The van der Waals surface area contributed by atoms with Gasteiger partial charge >= 0.3 is 6.09 Å². The van der Waals surface area contributed by atoms with Crippen molar-refractivity contribution in [3.8, 4) is 0 Å². The summed E-state index contributed by atoms with van der Waals surface area (Å²) >= 11 is 0. The molecule has 3 amide bonds. The zero-order valence-corrected chi connectivity index (χ0v) is 19.5. The Morgan fingerprint density at radius 2 is 1.82 bits per heavy atom. The van der Waals surface area contributed by atoms with Gasteiger partial charge in [-0.15, -0.1) is 0 Å². The molecule has 0 radical (unpaired) electrons. The third-order valence-electron chi connectivity index (χ3n) is 5.79. The van der Waals surface area contributed by atoms with Crippen molar-refractivity contribution < 1.29 is 28.3 Å². The Bertz CT molecular complexity index is 928. The molecule has 3 rings (SSSR count). The Labute approximate surface area is 192 Å². The van der Waals surface area contributed by atoms with Gasteiger partial charge in [0, 0.05) is 25.7 Å². The minimum atomic E-state index is -1.59. The Hall–Kier alpha value is -2.98. The lowest BCUT2D eigenvalue weighted by atomic mass is 9.94. The maximum atomic E-state index is 15.2. The van der Waals surface area contributed by atoms with Gasteiger partial charge in [0.2, 0.25) is 11.7 Å². The first-order chi connectivity index (χ1) is 15.3. The number of anilines is 1. The van der Waals surface area contributed by atoms with Gasteiger partial charge in [0.25, 0.3) is 5.91 Å². The highest BCUT2D eigenvalue weighted by Crippen LogP contribution is 2.39. The summed E-state index contributed by atoms with van der Waals surface area (Å²) in [6.07, 6.45) is 3.06. The highest BCUT2D eigenvalue weighted by Gasteiger charge is 2.54. The number of rotatable bonds is 8. The number of nitrogens with one attached hydrogen (secondary N) is 3. The molecule has 33 heavy (non-hydrogen) atoms. The fourth-order valence-corrected chi connectivity index (χ4v) is 3.97. The summed E-state index contributed by atoms with van der Waals surface area (Å²) in [6, 6.07) is 0.291. The maximum Gasteiger partial charge on any atom is 0.408 e. The summed E-state index contributed by atoms with van der Waals surface area (Å²) in [6.45, 7) is 5.02. The molecule has 0 aromatic carbocycles. The number of aromatic nitrogens is 2. The Morgan fingerprint density at radius 1 is 1.18 bits per heavy atom. The zero-order valence-electron chi connectivity index (χ0n) is 19.5. The Kier molecular flexibility index (Phi) is 6.80. The standard InChI is InChI=1S/C22H32FN5O5/c1-20(2,3)33-19(32)24-14(13-21(23)8-5-6-9-21)17(30)26-22(10-11-22)16(29)18(31)25-15-7-12-28(4)27-15/h7,12,14H,5-6,8-11,13H2,1-4H3,(H,24,32)(H,26,30)(H,25,27,31)/t14-/m0/s1. The molecular weight excluding hydrogens is 433 g/mol. The molecule has 0 bridgehead atoms. The molecule has 3 N–H and O–H groups in total. The van der Waals surface area contributed by atoms with Crippen LogP contribution >= 0.6 is 0 Å². The number of aryl methyl sites for hydroxylation is 1. The number of ketones is 1. The summed E-state index contributed by atoms with van der Waals surface area (Å²) in [5.74, 6) is -2.22. The molecule has 10 nitrogen and oxygen atoms in total. The average molecular weight is 466 g/mol. The lowest BCUT2D eigenvalue weighted by Crippen LogP contribution is -2.56. The van der Waals surface area contributed by atoms with E-state index in [1.807, 2.05) is 0 Å². The summed E-state index contributed by atoms with van der Waals surface area (Å²) in [5.41, 5.74) is -3.76. The van der Waals surface area contributed by atoms with Crippen molar-refractivity contribution in [2.24, 2.45) is 7.05 Å². The lowest BCUT2D eigenvalue weighted by Gasteiger charge is -2.28. The molecule has 0 unspecified atom stereocenters. The van der Waals surface area contributed by atoms with Crippen molar-refractivity contribution in [1.82, 2.24) is 20.4 Å². The van der Waals surface area contributed by atoms with Crippen LogP contribution in [0.4, 0.5) is 15.0 Å². The molecule has 1 heterocycles. The van der Waals surface area contributed by atoms with Crippen LogP contribution in [0.2, 0.25) is 0 Å². The number of halogens is 1. The van der Waals surface area contributed by atoms with E-state index in [0.717, 1.165) is 0 Å². The van der Waals surface area contributed by atoms with Gasteiger partial charge in [-0.25, -0.2) is 9.18 Å². The zero-order chi connectivity index (χ0) is 24.4. The van der Waals surface area contributed by atoms with E-state index in [1.54, 1.807) is 34.0 Å². The van der Waals surface area contributed by atoms with Crippen molar-refractivity contribution >= 4 is 29.5 Å². The van der Waals surface area contributed by atoms with Crippen LogP contribution in [0, 0.1) is 0 Å². The molecule has 1 atom stereocenters. The van der Waals surface area contributed by atoms with E-state index in [4.69, 9.17) is 4.74 Å². The second-order valence-corrected chi connectivity index (χ2v) is 9.99. The highest BCUT2D eigenvalue weighted by molar-refractivity contribution is 6.44. The monoisotopic (exact) mass is 465 g/mol. The predicted molar refractivity (Wildman–Crippen MR) is 117 cm³/mol. The number of Topliss-reactive ketones (excluding diaryl/α,β-unsaturated/α-hetero) is 1. The molecule has 182 valence electrons. The number of amides is 3. The van der Waals surface area contributed by atoms with Gasteiger partial charge in [0.1, 0.15) is 22.9 Å². The van der Waals surface area contributed by atoms with Crippen molar-refractivity contribution in [1.29, 1.82) is 0 Å². The molecule has 0 aliphatic heterocycles. The number of alkyl carbamates (subject to hydrolysis) is 1. The minimum absolute atomic E-state index is 0.211. The van der Waals surface area contributed by atoms with E-state index in [2.05, 4.69) is 21.0 Å². The summed E-state index contributed by atoms with van der Waals surface area (Å²) < 4.78 is 21.9. The fraction of sp³-hybridized carbons (Fsp3) is 0.682. The van der Waals surface area contributed by atoms with E-state index in [1.165, 1.54) is 10.7 Å². The molecule has 2 fully saturated rings. The average Bonchev–Trinajstić information content (AvgIpc) is 3.15. The number of hydrogen-bond acceptors (Lipinski definition) is 6. The van der Waals surface area contributed by atoms with Crippen molar-refractivity contribution in [2.75, 3.05) is 5.32 Å². The number of carbonyl (C=O) groups is 4. The number of ether oxygens (including phenoxy) is 1. The molecule has 1 aromatic rings. The van der Waals surface area contributed by atoms with Crippen molar-refractivity contribution in [3.05, 3.63) is 12.3 Å². The van der Waals surface area contributed by atoms with Gasteiger partial charge in [-0.3, -0.25) is 19.1 Å². The van der Waals surface area contributed by atoms with Crippen LogP contribution in [0.1, 0.15) is 65.7 Å². The maximum absolute atomic E-state index is 15.2. The van der Waals surface area contributed by atoms with Crippen LogP contribution in [0.25, 0.3) is 0 Å². The van der Waals surface area contributed by atoms with Crippen LogP contribution in [0.5, 0.6) is 0 Å². The lowest BCUT2D eigenvalue weighted by molar-refractivity contribution is -0.138. The molecule has 0 saturated heterocycles. The van der Waals surface area contributed by atoms with Gasteiger partial charge in [0.15, 0.2) is 5.82 Å². The molecule has 2 saturated carbocycles. The van der Waals surface area contributed by atoms with Crippen LogP contribution in [0.15, 0.2) is 12.3 Å². The summed E-state index contributed by atoms with van der Waals surface area (Å²) in [5, 5.41) is 11.4. The summed E-state index contributed by atoms with van der Waals surface area (Å²) in [4.78, 5) is 50.6. The van der Waals surface area contributed by atoms with Crippen LogP contribution in [-0.4, -0.2) is 56.3 Å². The van der Waals surface area contributed by atoms with Crippen molar-refractivity contribution in [3.63, 3.8) is 0 Å². The first-order valence-corrected chi connectivity index (χ1v) is 11.2. The van der Waals surface area contributed by atoms with E-state index in [-0.39, 0.29) is 25.1 Å². The first kappa shape index (κ1) is 24.7. The number of carbonyl (C=O) groups excluding carboxylic acids is 4. The molecule has 2 aliphatic carbocycles. The normalized spacial score (nSPS) is 19.3. The van der Waals surface area contributed by atoms with Crippen LogP contribution < -0.4 is 16.0 Å². The van der Waals surface area contributed by atoms with Gasteiger partial charge < -0.3 is 20.7 Å². The van der Waals surface area contributed by atoms with Crippen LogP contribution in [0.3, 0.4) is 0 Å². The predicted octanol–water partition coefficient (Wildman–Crippen LogP) is 2.14. The molecule has 0 spiro atoms. The molecular formula is C22H32FN5O5. The Balaban J connectivity index is 1.68. The molecule has 11 heteroatoms. The number of alkyl halides is 1. The topological polar surface area (TPSA) is 131 Å². The first-order valence-electron chi connectivity index (χ1n) is 11.2. The number of hydrogen-bond donors (Lipinski definition) is 3. The Morgan fingerprint density at radius 3 is 2.33 bits per heavy atom. The third kappa shape index (κ3) is 6.52. The second-order valence-electron chi connectivity index (χ2n) is 9.99. The van der Waals surface area contributed by atoms with Gasteiger partial charge in [-0.2, -0.15) is 5.10 Å².